The summed E-state index contributed by atoms with van der Waals surface area (Å²) in [6, 6.07) is 9.22. The van der Waals surface area contributed by atoms with Gasteiger partial charge in [-0.05, 0) is 18.2 Å². The average Bonchev–Trinajstić information content (AvgIpc) is 2.47. The largest absolute Gasteiger partial charge is 0.459 e. The van der Waals surface area contributed by atoms with Crippen LogP contribution in [0.4, 0.5) is 0 Å². The molecule has 0 saturated carbocycles. The van der Waals surface area contributed by atoms with Crippen LogP contribution >= 0.6 is 0 Å². The Kier molecular flexibility index (Phi) is 3.42. The van der Waals surface area contributed by atoms with Gasteiger partial charge in [-0.1, -0.05) is 12.1 Å². The summed E-state index contributed by atoms with van der Waals surface area (Å²) in [5.41, 5.74) is 1.39. The lowest BCUT2D eigenvalue weighted by molar-refractivity contribution is -0.0157. The van der Waals surface area contributed by atoms with Gasteiger partial charge in [0.2, 0.25) is 0 Å². The number of hydrogen-bond donors (Lipinski definition) is 0. The fraction of sp³-hybridized carbons (Fsp3) is 0.333. The highest BCUT2D eigenvalue weighted by Crippen LogP contribution is 2.19. The van der Waals surface area contributed by atoms with E-state index in [4.69, 9.17) is 9.47 Å². The first-order valence-electron chi connectivity index (χ1n) is 6.47. The standard InChI is InChI=1S/C15H15NO3/c17-15(19-11-6-9-18-10-7-11)13-3-1-5-14-12(13)4-2-8-16-14/h1-5,8,11H,6-7,9-10H2. The molecule has 1 aromatic heterocycles. The second-order valence-electron chi connectivity index (χ2n) is 4.59. The van der Waals surface area contributed by atoms with Gasteiger partial charge in [0.25, 0.3) is 0 Å². The number of carbonyl (C=O) groups is 1. The minimum absolute atomic E-state index is 0.0341. The third kappa shape index (κ3) is 2.58. The molecule has 0 radical (unpaired) electrons. The first-order valence-corrected chi connectivity index (χ1v) is 6.47. The Morgan fingerprint density at radius 1 is 1.21 bits per heavy atom. The number of esters is 1. The first-order chi connectivity index (χ1) is 9.34. The first kappa shape index (κ1) is 12.1. The van der Waals surface area contributed by atoms with Crippen LogP contribution in [0.25, 0.3) is 10.9 Å². The van der Waals surface area contributed by atoms with E-state index in [1.807, 2.05) is 24.3 Å². The lowest BCUT2D eigenvalue weighted by atomic mass is 10.1. The Morgan fingerprint density at radius 2 is 2.05 bits per heavy atom. The Hall–Kier alpha value is -1.94. The molecule has 0 N–H and O–H groups in total. The van der Waals surface area contributed by atoms with Crippen molar-refractivity contribution in [3.63, 3.8) is 0 Å². The number of rotatable bonds is 2. The van der Waals surface area contributed by atoms with Crippen molar-refractivity contribution in [1.29, 1.82) is 0 Å². The Morgan fingerprint density at radius 3 is 2.89 bits per heavy atom. The molecule has 0 spiro atoms. The highest BCUT2D eigenvalue weighted by molar-refractivity contribution is 6.03. The van der Waals surface area contributed by atoms with E-state index in [9.17, 15) is 4.79 Å². The highest BCUT2D eigenvalue weighted by Gasteiger charge is 2.20. The minimum atomic E-state index is -0.273. The minimum Gasteiger partial charge on any atom is -0.459 e. The van der Waals surface area contributed by atoms with Crippen LogP contribution in [0.15, 0.2) is 36.5 Å². The SMILES string of the molecule is O=C(OC1CCOCC1)c1cccc2ncccc12. The van der Waals surface area contributed by atoms with Crippen molar-refractivity contribution in [2.75, 3.05) is 13.2 Å². The van der Waals surface area contributed by atoms with Gasteiger partial charge >= 0.3 is 5.97 Å². The van der Waals surface area contributed by atoms with Crippen LogP contribution in [0.5, 0.6) is 0 Å². The van der Waals surface area contributed by atoms with Crippen LogP contribution in [0.3, 0.4) is 0 Å². The molecule has 0 unspecified atom stereocenters. The fourth-order valence-electron chi connectivity index (χ4n) is 2.29. The summed E-state index contributed by atoms with van der Waals surface area (Å²) in [5.74, 6) is -0.273. The van der Waals surface area contributed by atoms with E-state index < -0.39 is 0 Å². The summed E-state index contributed by atoms with van der Waals surface area (Å²) in [5, 5.41) is 0.835. The zero-order valence-corrected chi connectivity index (χ0v) is 10.5. The molecule has 2 aromatic rings. The van der Waals surface area contributed by atoms with Gasteiger partial charge in [-0.3, -0.25) is 4.98 Å². The number of benzene rings is 1. The summed E-state index contributed by atoms with van der Waals surface area (Å²) >= 11 is 0. The Labute approximate surface area is 111 Å². The predicted octanol–water partition coefficient (Wildman–Crippen LogP) is 2.57. The number of ether oxygens (including phenoxy) is 2. The predicted molar refractivity (Wildman–Crippen MR) is 71.0 cm³/mol. The van der Waals surface area contributed by atoms with Crippen LogP contribution in [0, 0.1) is 0 Å². The Bertz CT molecular complexity index is 585. The summed E-state index contributed by atoms with van der Waals surface area (Å²) in [7, 11) is 0. The molecular formula is C15H15NO3. The van der Waals surface area contributed by atoms with Gasteiger partial charge in [-0.25, -0.2) is 4.79 Å². The van der Waals surface area contributed by atoms with Crippen molar-refractivity contribution in [2.24, 2.45) is 0 Å². The van der Waals surface area contributed by atoms with Crippen LogP contribution in [0.2, 0.25) is 0 Å². The molecular weight excluding hydrogens is 242 g/mol. The monoisotopic (exact) mass is 257 g/mol. The van der Waals surface area contributed by atoms with Gasteiger partial charge in [-0.15, -0.1) is 0 Å². The highest BCUT2D eigenvalue weighted by atomic mass is 16.6. The summed E-state index contributed by atoms with van der Waals surface area (Å²) in [6.07, 6.45) is 3.23. The van der Waals surface area contributed by atoms with Gasteiger partial charge in [0.05, 0.1) is 24.3 Å². The summed E-state index contributed by atoms with van der Waals surface area (Å²) in [6.45, 7) is 1.32. The molecule has 0 atom stereocenters. The lowest BCUT2D eigenvalue weighted by Crippen LogP contribution is -2.26. The number of fused-ring (bicyclic) bond motifs is 1. The normalized spacial score (nSPS) is 16.4. The van der Waals surface area contributed by atoms with E-state index in [1.54, 1.807) is 12.3 Å². The van der Waals surface area contributed by atoms with Crippen LogP contribution < -0.4 is 0 Å². The Balaban J connectivity index is 1.85. The van der Waals surface area contributed by atoms with E-state index in [2.05, 4.69) is 4.98 Å². The van der Waals surface area contributed by atoms with Gasteiger partial charge < -0.3 is 9.47 Å². The smallest absolute Gasteiger partial charge is 0.339 e. The van der Waals surface area contributed by atoms with E-state index in [0.717, 1.165) is 23.7 Å². The van der Waals surface area contributed by atoms with Crippen molar-refractivity contribution in [3.05, 3.63) is 42.1 Å². The quantitative estimate of drug-likeness (QED) is 0.776. The van der Waals surface area contributed by atoms with Crippen molar-refractivity contribution in [3.8, 4) is 0 Å². The molecule has 2 heterocycles. The van der Waals surface area contributed by atoms with Crippen molar-refractivity contribution < 1.29 is 14.3 Å². The van der Waals surface area contributed by atoms with Crippen molar-refractivity contribution in [1.82, 2.24) is 4.98 Å². The van der Waals surface area contributed by atoms with Gasteiger partial charge in [0.1, 0.15) is 6.10 Å². The second-order valence-corrected chi connectivity index (χ2v) is 4.59. The number of carbonyl (C=O) groups excluding carboxylic acids is 1. The maximum Gasteiger partial charge on any atom is 0.339 e. The molecule has 1 aromatic carbocycles. The van der Waals surface area contributed by atoms with Crippen molar-refractivity contribution >= 4 is 16.9 Å². The third-order valence-corrected chi connectivity index (χ3v) is 3.31. The van der Waals surface area contributed by atoms with Crippen LogP contribution in [-0.2, 0) is 9.47 Å². The molecule has 98 valence electrons. The molecule has 1 saturated heterocycles. The number of hydrogen-bond acceptors (Lipinski definition) is 4. The third-order valence-electron chi connectivity index (χ3n) is 3.31. The number of aromatic nitrogens is 1. The lowest BCUT2D eigenvalue weighted by Gasteiger charge is -2.22. The van der Waals surface area contributed by atoms with Gasteiger partial charge in [0.15, 0.2) is 0 Å². The topological polar surface area (TPSA) is 48.4 Å². The van der Waals surface area contributed by atoms with Crippen LogP contribution in [0.1, 0.15) is 23.2 Å². The molecule has 19 heavy (non-hydrogen) atoms. The molecule has 4 heteroatoms. The van der Waals surface area contributed by atoms with E-state index in [0.29, 0.717) is 18.8 Å². The average molecular weight is 257 g/mol. The summed E-state index contributed by atoms with van der Waals surface area (Å²) in [4.78, 5) is 16.5. The van der Waals surface area contributed by atoms with Crippen LogP contribution in [-0.4, -0.2) is 30.3 Å². The second kappa shape index (κ2) is 5.36. The van der Waals surface area contributed by atoms with Gasteiger partial charge in [0, 0.05) is 24.4 Å². The summed E-state index contributed by atoms with van der Waals surface area (Å²) < 4.78 is 10.8. The molecule has 0 bridgehead atoms. The maximum atomic E-state index is 12.2. The molecule has 3 rings (SSSR count). The fourth-order valence-corrected chi connectivity index (χ4v) is 2.29. The zero-order chi connectivity index (χ0) is 13.1. The van der Waals surface area contributed by atoms with E-state index in [-0.39, 0.29) is 12.1 Å². The molecule has 1 fully saturated rings. The molecule has 1 aliphatic rings. The van der Waals surface area contributed by atoms with E-state index in [1.165, 1.54) is 0 Å². The maximum absolute atomic E-state index is 12.2. The van der Waals surface area contributed by atoms with Crippen molar-refractivity contribution in [2.45, 2.75) is 18.9 Å². The van der Waals surface area contributed by atoms with E-state index >= 15 is 0 Å². The molecule has 0 aliphatic carbocycles. The zero-order valence-electron chi connectivity index (χ0n) is 10.5. The molecule has 4 nitrogen and oxygen atoms in total. The molecule has 1 aliphatic heterocycles. The van der Waals surface area contributed by atoms with Gasteiger partial charge in [-0.2, -0.15) is 0 Å². The molecule has 0 amide bonds. The number of pyridine rings is 1. The number of nitrogens with zero attached hydrogens (tertiary/aromatic N) is 1.